The Balaban J connectivity index is 1.96. The van der Waals surface area contributed by atoms with Crippen molar-refractivity contribution in [3.8, 4) is 0 Å². The van der Waals surface area contributed by atoms with Gasteiger partial charge in [-0.2, -0.15) is 0 Å². The zero-order valence-electron chi connectivity index (χ0n) is 13.2. The quantitative estimate of drug-likeness (QED) is 0.898. The van der Waals surface area contributed by atoms with E-state index in [2.05, 4.69) is 0 Å². The summed E-state index contributed by atoms with van der Waals surface area (Å²) in [4.78, 5) is 37.6. The monoisotopic (exact) mass is 340 g/mol. The number of rotatable bonds is 4. The van der Waals surface area contributed by atoms with E-state index in [4.69, 9.17) is 5.11 Å². The fourth-order valence-corrected chi connectivity index (χ4v) is 2.76. The molecule has 0 unspecified atom stereocenters. The van der Waals surface area contributed by atoms with Crippen molar-refractivity contribution < 1.29 is 28.3 Å². The van der Waals surface area contributed by atoms with Crippen LogP contribution >= 0.6 is 0 Å². The molecule has 0 saturated carbocycles. The Morgan fingerprint density at radius 2 is 1.88 bits per heavy atom. The summed E-state index contributed by atoms with van der Waals surface area (Å²) in [6.45, 7) is 0.138. The Hall–Kier alpha value is -2.51. The lowest BCUT2D eigenvalue weighted by molar-refractivity contribution is -0.145. The Kier molecular flexibility index (Phi) is 5.48. The third-order valence-corrected chi connectivity index (χ3v) is 4.04. The van der Waals surface area contributed by atoms with Crippen molar-refractivity contribution >= 4 is 17.8 Å². The minimum absolute atomic E-state index is 0.204. The summed E-state index contributed by atoms with van der Waals surface area (Å²) >= 11 is 0. The van der Waals surface area contributed by atoms with Crippen molar-refractivity contribution in [3.63, 3.8) is 0 Å². The lowest BCUT2D eigenvalue weighted by atomic mass is 9.95. The van der Waals surface area contributed by atoms with Gasteiger partial charge in [-0.1, -0.05) is 0 Å². The van der Waals surface area contributed by atoms with Crippen LogP contribution in [-0.2, 0) is 9.59 Å². The lowest BCUT2D eigenvalue weighted by Gasteiger charge is -2.33. The van der Waals surface area contributed by atoms with E-state index in [0.717, 1.165) is 17.0 Å². The van der Waals surface area contributed by atoms with E-state index in [1.54, 1.807) is 0 Å². The average Bonchev–Trinajstić information content (AvgIpc) is 2.53. The molecule has 8 heteroatoms. The molecule has 24 heavy (non-hydrogen) atoms. The summed E-state index contributed by atoms with van der Waals surface area (Å²) in [5.41, 5.74) is -0.204. The second-order valence-electron chi connectivity index (χ2n) is 5.78. The van der Waals surface area contributed by atoms with Crippen LogP contribution < -0.4 is 0 Å². The molecule has 1 saturated heterocycles. The first-order valence-electron chi connectivity index (χ1n) is 7.50. The highest BCUT2D eigenvalue weighted by atomic mass is 19.1. The number of hydrogen-bond acceptors (Lipinski definition) is 3. The van der Waals surface area contributed by atoms with E-state index in [1.165, 1.54) is 11.9 Å². The molecule has 1 aromatic rings. The number of carbonyl (C=O) groups excluding carboxylic acids is 2. The molecule has 1 aromatic carbocycles. The molecule has 1 aliphatic rings. The molecule has 0 atom stereocenters. The molecular formula is C16H18F2N2O4. The summed E-state index contributed by atoms with van der Waals surface area (Å²) in [6.07, 6.45) is 0.745. The Bertz CT molecular complexity index is 657. The number of carboxylic acid groups (broad SMARTS) is 1. The number of benzene rings is 1. The van der Waals surface area contributed by atoms with Crippen molar-refractivity contribution in [2.45, 2.75) is 12.8 Å². The molecular weight excluding hydrogens is 322 g/mol. The number of piperidine rings is 1. The molecule has 1 aliphatic heterocycles. The van der Waals surface area contributed by atoms with Crippen molar-refractivity contribution in [3.05, 3.63) is 35.4 Å². The molecule has 6 nitrogen and oxygen atoms in total. The van der Waals surface area contributed by atoms with Crippen LogP contribution in [0.15, 0.2) is 18.2 Å². The van der Waals surface area contributed by atoms with E-state index in [1.807, 2.05) is 0 Å². The van der Waals surface area contributed by atoms with Crippen molar-refractivity contribution in [2.24, 2.45) is 5.92 Å². The molecule has 1 fully saturated rings. The number of likely N-dealkylation sites (tertiary alicyclic amines) is 1. The largest absolute Gasteiger partial charge is 0.480 e. The van der Waals surface area contributed by atoms with Crippen LogP contribution in [0.2, 0.25) is 0 Å². The maximum atomic E-state index is 13.7. The van der Waals surface area contributed by atoms with E-state index >= 15 is 0 Å². The van der Waals surface area contributed by atoms with E-state index in [-0.39, 0.29) is 37.0 Å². The summed E-state index contributed by atoms with van der Waals surface area (Å²) in [6, 6.07) is 2.78. The molecule has 130 valence electrons. The van der Waals surface area contributed by atoms with Gasteiger partial charge >= 0.3 is 5.97 Å². The second-order valence-corrected chi connectivity index (χ2v) is 5.78. The number of aliphatic carboxylic acids is 1. The summed E-state index contributed by atoms with van der Waals surface area (Å²) in [7, 11) is 1.42. The van der Waals surface area contributed by atoms with Crippen molar-refractivity contribution in [2.75, 3.05) is 26.7 Å². The average molecular weight is 340 g/mol. The fraction of sp³-hybridized carbons (Fsp3) is 0.438. The Morgan fingerprint density at radius 1 is 1.25 bits per heavy atom. The van der Waals surface area contributed by atoms with Gasteiger partial charge < -0.3 is 14.9 Å². The number of likely N-dealkylation sites (N-methyl/N-ethyl adjacent to an activating group) is 1. The fourth-order valence-electron chi connectivity index (χ4n) is 2.76. The van der Waals surface area contributed by atoms with Crippen LogP contribution in [0.5, 0.6) is 0 Å². The van der Waals surface area contributed by atoms with Crippen LogP contribution in [0.25, 0.3) is 0 Å². The topological polar surface area (TPSA) is 77.9 Å². The minimum atomic E-state index is -1.09. The summed E-state index contributed by atoms with van der Waals surface area (Å²) < 4.78 is 26.6. The van der Waals surface area contributed by atoms with Gasteiger partial charge in [-0.15, -0.1) is 0 Å². The van der Waals surface area contributed by atoms with Gasteiger partial charge in [0.2, 0.25) is 5.91 Å². The van der Waals surface area contributed by atoms with Crippen LogP contribution in [0.3, 0.4) is 0 Å². The predicted octanol–water partition coefficient (Wildman–Crippen LogP) is 1.36. The van der Waals surface area contributed by atoms with Crippen molar-refractivity contribution in [1.82, 2.24) is 9.80 Å². The van der Waals surface area contributed by atoms with Gasteiger partial charge in [-0.05, 0) is 25.0 Å². The highest BCUT2D eigenvalue weighted by Crippen LogP contribution is 2.22. The molecule has 0 bridgehead atoms. The molecule has 1 heterocycles. The first kappa shape index (κ1) is 17.8. The first-order chi connectivity index (χ1) is 11.3. The maximum Gasteiger partial charge on any atom is 0.323 e. The van der Waals surface area contributed by atoms with Crippen LogP contribution in [0, 0.1) is 17.6 Å². The van der Waals surface area contributed by atoms with Gasteiger partial charge in [0, 0.05) is 32.1 Å². The minimum Gasteiger partial charge on any atom is -0.480 e. The number of halogens is 2. The Morgan fingerprint density at radius 3 is 2.42 bits per heavy atom. The molecule has 0 radical (unpaired) electrons. The van der Waals surface area contributed by atoms with Crippen LogP contribution in [0.4, 0.5) is 8.78 Å². The van der Waals surface area contributed by atoms with Crippen molar-refractivity contribution in [1.29, 1.82) is 0 Å². The standard InChI is InChI=1S/C16H18F2N2O4/c1-19(9-14(21)22)15(23)10-4-6-20(7-5-10)16(24)12-3-2-11(17)8-13(12)18/h2-3,8,10H,4-7,9H2,1H3,(H,21,22). The van der Waals surface area contributed by atoms with Gasteiger partial charge in [0.05, 0.1) is 5.56 Å². The zero-order chi connectivity index (χ0) is 17.9. The van der Waals surface area contributed by atoms with E-state index in [0.29, 0.717) is 18.9 Å². The smallest absolute Gasteiger partial charge is 0.323 e. The SMILES string of the molecule is CN(CC(=O)O)C(=O)C1CCN(C(=O)c2ccc(F)cc2F)CC1. The van der Waals surface area contributed by atoms with E-state index in [9.17, 15) is 23.2 Å². The van der Waals surface area contributed by atoms with Crippen LogP contribution in [-0.4, -0.2) is 59.4 Å². The number of carboxylic acids is 1. The number of hydrogen-bond donors (Lipinski definition) is 1. The first-order valence-corrected chi connectivity index (χ1v) is 7.50. The third kappa shape index (κ3) is 4.06. The zero-order valence-corrected chi connectivity index (χ0v) is 13.2. The second kappa shape index (κ2) is 7.37. The number of amides is 2. The number of nitrogens with zero attached hydrogens (tertiary/aromatic N) is 2. The molecule has 0 aliphatic carbocycles. The Labute approximate surface area is 137 Å². The highest BCUT2D eigenvalue weighted by molar-refractivity contribution is 5.94. The van der Waals surface area contributed by atoms with Crippen LogP contribution in [0.1, 0.15) is 23.2 Å². The predicted molar refractivity (Wildman–Crippen MR) is 80.3 cm³/mol. The van der Waals surface area contributed by atoms with E-state index < -0.39 is 23.5 Å². The van der Waals surface area contributed by atoms with Gasteiger partial charge in [-0.3, -0.25) is 14.4 Å². The summed E-state index contributed by atoms with van der Waals surface area (Å²) in [5, 5.41) is 8.71. The van der Waals surface area contributed by atoms with Gasteiger partial charge in [-0.25, -0.2) is 8.78 Å². The highest BCUT2D eigenvalue weighted by Gasteiger charge is 2.30. The number of carbonyl (C=O) groups is 3. The van der Waals surface area contributed by atoms with Gasteiger partial charge in [0.1, 0.15) is 18.2 Å². The van der Waals surface area contributed by atoms with Gasteiger partial charge in [0.25, 0.3) is 5.91 Å². The maximum absolute atomic E-state index is 13.7. The normalized spacial score (nSPS) is 15.2. The molecule has 1 N–H and O–H groups in total. The summed E-state index contributed by atoms with van der Waals surface area (Å²) in [5.74, 6) is -3.95. The van der Waals surface area contributed by atoms with Gasteiger partial charge in [0.15, 0.2) is 0 Å². The molecule has 0 spiro atoms. The molecule has 2 amide bonds. The third-order valence-electron chi connectivity index (χ3n) is 4.04. The molecule has 2 rings (SSSR count). The molecule has 0 aromatic heterocycles. The lowest BCUT2D eigenvalue weighted by Crippen LogP contribution is -2.44.